The van der Waals surface area contributed by atoms with E-state index in [0.717, 1.165) is 0 Å². The minimum absolute atomic E-state index is 0. The zero-order valence-electron chi connectivity index (χ0n) is 80.0. The van der Waals surface area contributed by atoms with Crippen molar-refractivity contribution in [3.8, 4) is 0 Å². The van der Waals surface area contributed by atoms with E-state index in [1.165, 1.54) is 0 Å². The number of hydrogen-bond acceptors (Lipinski definition) is 24. The van der Waals surface area contributed by atoms with E-state index in [9.17, 15) is 47.9 Å². The molecule has 0 aliphatic rings. The molecular weight excluding hydrogens is 1600 g/mol. The van der Waals surface area contributed by atoms with Gasteiger partial charge in [0.25, 0.3) is 0 Å². The Hall–Kier alpha value is -10.0. The van der Waals surface area contributed by atoms with Crippen LogP contribution in [-0.4, -0.2) is 187 Å². The fourth-order valence-corrected chi connectivity index (χ4v) is 7.43. The van der Waals surface area contributed by atoms with Crippen molar-refractivity contribution in [1.82, 2.24) is 42.5 Å². The van der Waals surface area contributed by atoms with Gasteiger partial charge in [0.2, 0.25) is 5.91 Å². The predicted octanol–water partition coefficient (Wildman–Crippen LogP) is 13.9. The molecule has 9 amide bonds. The first kappa shape index (κ1) is 132. The molecule has 0 heterocycles. The minimum atomic E-state index is -1.06. The molecule has 0 aromatic heterocycles. The maximum absolute atomic E-state index is 11.5. The minimum Gasteiger partial charge on any atom is -0.480 e. The molecule has 0 aromatic rings. The summed E-state index contributed by atoms with van der Waals surface area (Å²) in [5, 5.41) is 61.3. The molecule has 40 nitrogen and oxygen atoms in total. The van der Waals surface area contributed by atoms with Crippen molar-refractivity contribution in [3.63, 3.8) is 0 Å². The Bertz CT molecular complexity index is 2890. The fraction of sp³-hybridized carbons (Fsp3) is 0.800. The summed E-state index contributed by atoms with van der Waals surface area (Å²) in [6.45, 7) is 92.6. The lowest BCUT2D eigenvalue weighted by Gasteiger charge is -2.24. The maximum atomic E-state index is 11.5. The van der Waals surface area contributed by atoms with E-state index in [1.807, 2.05) is 83.1 Å². The quantitative estimate of drug-likeness (QED) is 0.0127. The number of alkyl carbamates (subject to hydrolysis) is 8. The third-order valence-corrected chi connectivity index (χ3v) is 12.7. The lowest BCUT2D eigenvalue weighted by molar-refractivity contribution is -0.140. The second-order valence-corrected chi connectivity index (χ2v) is 37.4. The van der Waals surface area contributed by atoms with Gasteiger partial charge in [0.1, 0.15) is 68.6 Å². The molecule has 0 spiro atoms. The van der Waals surface area contributed by atoms with Crippen LogP contribution in [0.15, 0.2) is 5.16 Å². The summed E-state index contributed by atoms with van der Waals surface area (Å²) in [4.78, 5) is 122. The van der Waals surface area contributed by atoms with E-state index >= 15 is 0 Å². The van der Waals surface area contributed by atoms with Gasteiger partial charge in [0.15, 0.2) is 5.84 Å². The van der Waals surface area contributed by atoms with Crippen molar-refractivity contribution in [2.45, 2.75) is 370 Å². The summed E-state index contributed by atoms with van der Waals surface area (Å²) in [7, 11) is 0. The summed E-state index contributed by atoms with van der Waals surface area (Å²) >= 11 is 0. The third-order valence-electron chi connectivity index (χ3n) is 12.7. The van der Waals surface area contributed by atoms with Crippen LogP contribution in [0, 0.1) is 77.9 Å². The first-order valence-electron chi connectivity index (χ1n) is 39.0. The van der Waals surface area contributed by atoms with Crippen molar-refractivity contribution in [2.75, 3.05) is 0 Å². The van der Waals surface area contributed by atoms with Gasteiger partial charge in [-0.3, -0.25) is 46.1 Å². The highest BCUT2D eigenvalue weighted by Gasteiger charge is 2.32. The molecule has 0 rings (SSSR count). The van der Waals surface area contributed by atoms with Crippen molar-refractivity contribution in [2.24, 2.45) is 81.3 Å². The second-order valence-electron chi connectivity index (χ2n) is 37.4. The molecule has 0 fully saturated rings. The average molecular weight is 1760 g/mol. The average Bonchev–Trinajstić information content (AvgIpc) is 0.901. The van der Waals surface area contributed by atoms with E-state index in [4.69, 9.17) is 107 Å². The number of halogens is 1. The zero-order chi connectivity index (χ0) is 97.9. The van der Waals surface area contributed by atoms with E-state index in [0.29, 0.717) is 0 Å². The molecule has 0 aliphatic carbocycles. The summed E-state index contributed by atoms with van der Waals surface area (Å²) in [5.41, 5.74) is 16.9. The van der Waals surface area contributed by atoms with Gasteiger partial charge in [-0.1, -0.05) is 116 Å². The maximum Gasteiger partial charge on any atom is 0.413 e. The molecule has 0 saturated carbocycles. The lowest BCUT2D eigenvalue weighted by atomic mass is 10.0. The molecule has 0 saturated heterocycles. The number of amides is 9. The Morgan fingerprint density at radius 3 is 0.562 bits per heavy atom. The molecule has 708 valence electrons. The number of carbonyl (C=O) groups is 10. The number of carboxylic acid groups (broad SMARTS) is 1. The van der Waals surface area contributed by atoms with Crippen LogP contribution in [0.2, 0.25) is 0 Å². The molecular formula is C80H160ClN19O21. The number of amidine groups is 3. The smallest absolute Gasteiger partial charge is 0.413 e. The van der Waals surface area contributed by atoms with Crippen LogP contribution < -0.4 is 71.4 Å². The lowest BCUT2D eigenvalue weighted by Crippen LogP contribution is -2.49. The summed E-state index contributed by atoms with van der Waals surface area (Å²) < 4.78 is 40.2. The molecule has 0 aromatic carbocycles. The second kappa shape index (κ2) is 62.2. The van der Waals surface area contributed by atoms with Gasteiger partial charge in [-0.05, 0) is 196 Å². The number of nitrogens with zero attached hydrogens (tertiary/aromatic N) is 4. The number of hydrogen-bond donors (Lipinski definition) is 18. The Kier molecular flexibility index (Phi) is 67.6. The summed E-state index contributed by atoms with van der Waals surface area (Å²) in [6, 6.07) is -3.10. The Labute approximate surface area is 728 Å². The molecule has 41 heteroatoms. The number of nitrogens with two attached hydrogens (primary N) is 5. The highest BCUT2D eigenvalue weighted by Crippen LogP contribution is 2.17. The number of oxime groups is 1. The molecule has 8 atom stereocenters. The van der Waals surface area contributed by atoms with Gasteiger partial charge in [-0.2, -0.15) is 0 Å². The van der Waals surface area contributed by atoms with Gasteiger partial charge in [0.05, 0.1) is 18.1 Å². The van der Waals surface area contributed by atoms with Crippen LogP contribution >= 0.6 is 12.4 Å². The predicted molar refractivity (Wildman–Crippen MR) is 471 cm³/mol. The Balaban J connectivity index is -0.000000145. The van der Waals surface area contributed by atoms with Gasteiger partial charge < -0.3 is 103 Å². The van der Waals surface area contributed by atoms with Crippen molar-refractivity contribution < 1.29 is 101 Å². The Morgan fingerprint density at radius 1 is 0.298 bits per heavy atom. The molecule has 121 heavy (non-hydrogen) atoms. The van der Waals surface area contributed by atoms with E-state index < -0.39 is 154 Å². The SMILES string of the molecule is CC(C)C(NC(=O)OC(C)(C)C)/C(N)=N\O.CC(C)C(NC(=O)OC(C)(C)C)C(=N)N.CC(C)C(NC(=O)OC(C)(C)C)C(=N)N.CC(C)C(NC(=O)OC(C)(C)C)C(=O)O.CC(C)C(NC(=O)OC(C)(C)C)C(N)=O.Cl.NO.[C-]#[N+]C(NC(=O)OC(C)(C)C)C(C)C.[C-]#[N+]C(NC(=O)OC(C)(C)C)C(C)C.[C-]#[N+]C(NC(=O)OC(C)(C)C)C(C)C. The van der Waals surface area contributed by atoms with Crippen LogP contribution in [0.5, 0.6) is 0 Å². The summed E-state index contributed by atoms with van der Waals surface area (Å²) in [6.07, 6.45) is -6.14. The van der Waals surface area contributed by atoms with Crippen molar-refractivity contribution in [1.29, 1.82) is 10.8 Å². The van der Waals surface area contributed by atoms with E-state index in [2.05, 4.69) is 68.1 Å². The first-order chi connectivity index (χ1) is 53.5. The Morgan fingerprint density at radius 2 is 0.446 bits per heavy atom. The van der Waals surface area contributed by atoms with E-state index in [1.54, 1.807) is 194 Å². The van der Waals surface area contributed by atoms with Gasteiger partial charge in [-0.15, -0.1) is 12.4 Å². The standard InChI is InChI=1S/C10H21N3O3.2C10H21N3O2.C10H20N2O3.3C10H18N2O2.C10H19NO4.ClH.H3NO/c1-6(2)7(8(11)13-15)12-9(14)16-10(3,4)5;2*1-6(2)7(8(11)12)13-9(14)15-10(3,4)5;1-6(2)7(8(11)13)12-9(14)15-10(3,4)5;3*1-7(2)8(11-6)12-9(13)14-10(3,4)5;1-6(2)7(8(12)13)11-9(14)15-10(3,4)5;;1-2/h6-7,15H,1-5H3,(H2,11,13)(H,12,14);2*6-7H,1-5H3,(H3,11,12)(H,13,14);6-7H,1-5H3,(H2,11,13)(H,12,14);3*7-8H,1-5H3,(H,12,13);6-7H,1-5H3,(H,11,14)(H,12,13);1H;2H,1H2. The van der Waals surface area contributed by atoms with Crippen LogP contribution in [0.25, 0.3) is 14.5 Å². The normalized spacial score (nSPS) is 13.3. The van der Waals surface area contributed by atoms with Crippen LogP contribution in [0.1, 0.15) is 277 Å². The van der Waals surface area contributed by atoms with E-state index in [-0.39, 0.29) is 77.3 Å². The first-order valence-corrected chi connectivity index (χ1v) is 39.0. The number of primary amides is 1. The molecule has 8 unspecified atom stereocenters. The number of nitrogens with one attached hydrogen (secondary N) is 10. The number of ether oxygens (including phenoxy) is 8. The molecule has 0 bridgehead atoms. The monoisotopic (exact) mass is 1760 g/mol. The number of carbonyl (C=O) groups excluding carboxylic acids is 9. The number of aliphatic carboxylic acids is 1. The fourth-order valence-electron chi connectivity index (χ4n) is 7.43. The highest BCUT2D eigenvalue weighted by atomic mass is 35.5. The van der Waals surface area contributed by atoms with Gasteiger partial charge in [-0.25, -0.2) is 68.8 Å². The highest BCUT2D eigenvalue weighted by molar-refractivity contribution is 5.89. The summed E-state index contributed by atoms with van der Waals surface area (Å²) in [5.74, 6) is 1.86. The van der Waals surface area contributed by atoms with Crippen molar-refractivity contribution in [3.05, 3.63) is 34.3 Å². The molecule has 0 aliphatic heterocycles. The molecule has 23 N–H and O–H groups in total. The van der Waals surface area contributed by atoms with Crippen molar-refractivity contribution >= 4 is 90.5 Å². The van der Waals surface area contributed by atoms with Gasteiger partial charge in [0, 0.05) is 17.8 Å². The van der Waals surface area contributed by atoms with Crippen LogP contribution in [-0.2, 0) is 47.5 Å². The number of rotatable bonds is 21. The number of carboxylic acids is 1. The molecule has 0 radical (unpaired) electrons. The van der Waals surface area contributed by atoms with Crippen LogP contribution in [0.3, 0.4) is 0 Å². The topological polar surface area (TPSA) is 605 Å². The zero-order valence-corrected chi connectivity index (χ0v) is 80.8. The van der Waals surface area contributed by atoms with Crippen LogP contribution in [0.4, 0.5) is 38.4 Å². The van der Waals surface area contributed by atoms with Gasteiger partial charge >= 0.3 is 73.2 Å². The largest absolute Gasteiger partial charge is 0.480 e. The third kappa shape index (κ3) is 86.2.